The number of hydrogen-bond donors (Lipinski definition) is 1. The van der Waals surface area contributed by atoms with Gasteiger partial charge in [0.1, 0.15) is 10.6 Å². The summed E-state index contributed by atoms with van der Waals surface area (Å²) in [5, 5.41) is 18.7. The molecule has 0 atom stereocenters. The monoisotopic (exact) mass is 544 g/mol. The maximum absolute atomic E-state index is 13.5. The Bertz CT molecular complexity index is 1430. The fourth-order valence-corrected chi connectivity index (χ4v) is 5.43. The summed E-state index contributed by atoms with van der Waals surface area (Å²) < 4.78 is 41.0. The van der Waals surface area contributed by atoms with Gasteiger partial charge in [-0.05, 0) is 38.5 Å². The molecule has 13 nitrogen and oxygen atoms in total. The summed E-state index contributed by atoms with van der Waals surface area (Å²) in [5.41, 5.74) is 0.906. The normalized spacial score (nSPS) is 14.4. The van der Waals surface area contributed by atoms with Crippen LogP contribution in [-0.2, 0) is 21.3 Å². The van der Waals surface area contributed by atoms with Gasteiger partial charge in [0, 0.05) is 49.7 Å². The van der Waals surface area contributed by atoms with Crippen molar-refractivity contribution in [2.45, 2.75) is 38.3 Å². The van der Waals surface area contributed by atoms with E-state index in [0.29, 0.717) is 5.56 Å². The number of aromatic nitrogens is 3. The first kappa shape index (κ1) is 27.2. The molecular formula is C24H28N6O7S. The van der Waals surface area contributed by atoms with Crippen LogP contribution in [0.1, 0.15) is 41.5 Å². The highest BCUT2D eigenvalue weighted by atomic mass is 32.2. The Kier molecular flexibility index (Phi) is 8.04. The number of carbonyl (C=O) groups is 1. The SMILES string of the molecule is Cc1c(C(=O)NCc2cccnc2)nn(C(C)C)c1Oc1ccc([N+](=O)[O-])cc1S(=O)(=O)N1CCOCC1. The van der Waals surface area contributed by atoms with E-state index in [2.05, 4.69) is 15.4 Å². The van der Waals surface area contributed by atoms with Crippen LogP contribution in [0.2, 0.25) is 0 Å². The first-order valence-electron chi connectivity index (χ1n) is 11.9. The third-order valence-corrected chi connectivity index (χ3v) is 7.82. The van der Waals surface area contributed by atoms with Crippen molar-refractivity contribution in [1.82, 2.24) is 24.4 Å². The molecule has 1 aliphatic rings. The van der Waals surface area contributed by atoms with Crippen LogP contribution in [0.3, 0.4) is 0 Å². The number of amides is 1. The van der Waals surface area contributed by atoms with E-state index in [-0.39, 0.29) is 61.1 Å². The van der Waals surface area contributed by atoms with Crippen molar-refractivity contribution in [3.05, 3.63) is 69.7 Å². The fraction of sp³-hybridized carbons (Fsp3) is 0.375. The lowest BCUT2D eigenvalue weighted by Crippen LogP contribution is -2.40. The second kappa shape index (κ2) is 11.2. The predicted molar refractivity (Wildman–Crippen MR) is 136 cm³/mol. The number of rotatable bonds is 9. The maximum atomic E-state index is 13.5. The first-order valence-corrected chi connectivity index (χ1v) is 13.3. The molecule has 1 amide bonds. The number of carbonyl (C=O) groups excluding carboxylic acids is 1. The molecule has 3 aromatic rings. The minimum Gasteiger partial charge on any atom is -0.438 e. The van der Waals surface area contributed by atoms with Crippen molar-refractivity contribution in [3.63, 3.8) is 0 Å². The van der Waals surface area contributed by atoms with Crippen molar-refractivity contribution in [3.8, 4) is 11.6 Å². The maximum Gasteiger partial charge on any atom is 0.272 e. The average Bonchev–Trinajstić information content (AvgIpc) is 3.24. The quantitative estimate of drug-likeness (QED) is 0.316. The molecule has 3 heterocycles. The molecule has 4 rings (SSSR count). The van der Waals surface area contributed by atoms with Gasteiger partial charge in [-0.25, -0.2) is 13.1 Å². The minimum atomic E-state index is -4.15. The summed E-state index contributed by atoms with van der Waals surface area (Å²) >= 11 is 0. The largest absolute Gasteiger partial charge is 0.438 e. The molecule has 0 radical (unpaired) electrons. The average molecular weight is 545 g/mol. The zero-order valence-electron chi connectivity index (χ0n) is 21.2. The van der Waals surface area contributed by atoms with E-state index in [0.717, 1.165) is 11.6 Å². The van der Waals surface area contributed by atoms with Crippen molar-refractivity contribution in [2.24, 2.45) is 0 Å². The Morgan fingerprint density at radius 1 is 1.26 bits per heavy atom. The minimum absolute atomic E-state index is 0.106. The lowest BCUT2D eigenvalue weighted by atomic mass is 10.2. The van der Waals surface area contributed by atoms with E-state index in [1.54, 1.807) is 25.4 Å². The Balaban J connectivity index is 1.71. The van der Waals surface area contributed by atoms with Crippen LogP contribution < -0.4 is 10.1 Å². The number of nitrogens with zero attached hydrogens (tertiary/aromatic N) is 5. The van der Waals surface area contributed by atoms with Crippen molar-refractivity contribution in [1.29, 1.82) is 0 Å². The van der Waals surface area contributed by atoms with Gasteiger partial charge < -0.3 is 14.8 Å². The molecule has 14 heteroatoms. The molecule has 0 bridgehead atoms. The lowest BCUT2D eigenvalue weighted by Gasteiger charge is -2.26. The van der Waals surface area contributed by atoms with Gasteiger partial charge >= 0.3 is 0 Å². The number of pyridine rings is 1. The number of nitrogens with one attached hydrogen (secondary N) is 1. The zero-order chi connectivity index (χ0) is 27.4. The topological polar surface area (TPSA) is 159 Å². The predicted octanol–water partition coefficient (Wildman–Crippen LogP) is 2.82. The highest BCUT2D eigenvalue weighted by molar-refractivity contribution is 7.89. The molecule has 0 saturated carbocycles. The summed E-state index contributed by atoms with van der Waals surface area (Å²) in [7, 11) is -4.15. The smallest absolute Gasteiger partial charge is 0.272 e. The van der Waals surface area contributed by atoms with Gasteiger partial charge in [-0.15, -0.1) is 0 Å². The van der Waals surface area contributed by atoms with Crippen LogP contribution in [0.25, 0.3) is 0 Å². The molecule has 0 unspecified atom stereocenters. The molecule has 0 aliphatic carbocycles. The number of nitro benzene ring substituents is 1. The molecule has 2 aromatic heterocycles. The first-order chi connectivity index (χ1) is 18.1. The van der Waals surface area contributed by atoms with Crippen molar-refractivity contribution < 1.29 is 27.6 Å². The second-order valence-electron chi connectivity index (χ2n) is 8.87. The number of non-ortho nitro benzene ring substituents is 1. The van der Waals surface area contributed by atoms with Crippen LogP contribution in [-0.4, -0.2) is 64.6 Å². The van der Waals surface area contributed by atoms with Gasteiger partial charge in [-0.1, -0.05) is 6.07 Å². The fourth-order valence-electron chi connectivity index (χ4n) is 3.89. The number of nitro groups is 1. The molecule has 1 N–H and O–H groups in total. The molecule has 202 valence electrons. The molecular weight excluding hydrogens is 516 g/mol. The highest BCUT2D eigenvalue weighted by Gasteiger charge is 2.32. The third kappa shape index (κ3) is 5.66. The van der Waals surface area contributed by atoms with E-state index in [9.17, 15) is 23.3 Å². The number of morpholine rings is 1. The van der Waals surface area contributed by atoms with Gasteiger partial charge in [0.2, 0.25) is 15.9 Å². The lowest BCUT2D eigenvalue weighted by molar-refractivity contribution is -0.385. The van der Waals surface area contributed by atoms with Gasteiger partial charge in [-0.2, -0.15) is 9.40 Å². The summed E-state index contributed by atoms with van der Waals surface area (Å²) in [4.78, 5) is 27.4. The Morgan fingerprint density at radius 2 is 2.00 bits per heavy atom. The Morgan fingerprint density at radius 3 is 2.63 bits per heavy atom. The van der Waals surface area contributed by atoms with Crippen molar-refractivity contribution >= 4 is 21.6 Å². The summed E-state index contributed by atoms with van der Waals surface area (Å²) in [6, 6.07) is 6.73. The molecule has 1 aliphatic heterocycles. The molecule has 1 aromatic carbocycles. The van der Waals surface area contributed by atoms with Gasteiger partial charge in [-0.3, -0.25) is 19.9 Å². The summed E-state index contributed by atoms with van der Waals surface area (Å²) in [6.07, 6.45) is 3.27. The van der Waals surface area contributed by atoms with Crippen LogP contribution >= 0.6 is 0 Å². The van der Waals surface area contributed by atoms with Crippen molar-refractivity contribution in [2.75, 3.05) is 26.3 Å². The van der Waals surface area contributed by atoms with Crippen LogP contribution in [0.5, 0.6) is 11.6 Å². The molecule has 1 saturated heterocycles. The van der Waals surface area contributed by atoms with E-state index in [4.69, 9.17) is 9.47 Å². The zero-order valence-corrected chi connectivity index (χ0v) is 22.0. The summed E-state index contributed by atoms with van der Waals surface area (Å²) in [5.74, 6) is -0.409. The number of benzene rings is 1. The van der Waals surface area contributed by atoms with Crippen LogP contribution in [0.4, 0.5) is 5.69 Å². The van der Waals surface area contributed by atoms with Crippen LogP contribution in [0.15, 0.2) is 47.6 Å². The molecule has 1 fully saturated rings. The highest BCUT2D eigenvalue weighted by Crippen LogP contribution is 2.37. The second-order valence-corrected chi connectivity index (χ2v) is 10.8. The van der Waals surface area contributed by atoms with Crippen LogP contribution in [0, 0.1) is 17.0 Å². The van der Waals surface area contributed by atoms with E-state index < -0.39 is 26.5 Å². The van der Waals surface area contributed by atoms with E-state index in [1.807, 2.05) is 19.9 Å². The number of sulfonamides is 1. The molecule has 38 heavy (non-hydrogen) atoms. The van der Waals surface area contributed by atoms with E-state index >= 15 is 0 Å². The third-order valence-electron chi connectivity index (χ3n) is 5.90. The molecule has 0 spiro atoms. The van der Waals surface area contributed by atoms with Gasteiger partial charge in [0.25, 0.3) is 11.6 Å². The Hall–Kier alpha value is -3.88. The number of hydrogen-bond acceptors (Lipinski definition) is 9. The number of ether oxygens (including phenoxy) is 2. The van der Waals surface area contributed by atoms with Gasteiger partial charge in [0.05, 0.1) is 24.2 Å². The standard InChI is InChI=1S/C24H28N6O7S/c1-16(2)29-24(17(3)22(27-29)23(31)26-15-18-5-4-8-25-14-18)37-20-7-6-19(30(32)33)13-21(20)38(34,35)28-9-11-36-12-10-28/h4-8,13-14,16H,9-12,15H2,1-3H3,(H,26,31). The Labute approximate surface area is 219 Å². The summed E-state index contributed by atoms with van der Waals surface area (Å²) in [6.45, 7) is 6.17. The van der Waals surface area contributed by atoms with Gasteiger partial charge in [0.15, 0.2) is 5.69 Å². The van der Waals surface area contributed by atoms with E-state index in [1.165, 1.54) is 21.1 Å².